The lowest BCUT2D eigenvalue weighted by Crippen LogP contribution is -2.22. The number of carbonyl (C=O) groups is 4. The Bertz CT molecular complexity index is 2000. The minimum Gasteiger partial charge on any atom is -0.463 e. The summed E-state index contributed by atoms with van der Waals surface area (Å²) in [5.41, 5.74) is 2.68. The van der Waals surface area contributed by atoms with Crippen molar-refractivity contribution in [2.75, 3.05) is 31.7 Å². The van der Waals surface area contributed by atoms with Gasteiger partial charge >= 0.3 is 23.9 Å². The lowest BCUT2D eigenvalue weighted by atomic mass is 10.0. The number of hydrogen-bond acceptors (Lipinski definition) is 9. The minimum absolute atomic E-state index is 0.0185. The lowest BCUT2D eigenvalue weighted by molar-refractivity contribution is -0.146. The summed E-state index contributed by atoms with van der Waals surface area (Å²) >= 11 is 0. The van der Waals surface area contributed by atoms with Crippen LogP contribution in [0.2, 0.25) is 0 Å². The van der Waals surface area contributed by atoms with Gasteiger partial charge in [-0.25, -0.2) is 19.2 Å². The fraction of sp³-hybridized carbons (Fsp3) is 0.171. The zero-order valence-electron chi connectivity index (χ0n) is 28.6. The molecule has 4 aromatic carbocycles. The standard InChI is InChI=1S/C41H38N2O8/c1-4-48-32(44)27-51-41(47)38-34(40(46)50-6-3)33(39(45)49-5-2)36(29-21-13-8-14-22-29)43(38)37(30-23-15-9-16-24-30)35(28-19-11-7-12-20-28)42-31-25-17-10-18-26-31/h7-26,42H,4-6,27H2,1-3H3/b37-35-. The fourth-order valence-corrected chi connectivity index (χ4v) is 5.58. The van der Waals surface area contributed by atoms with Gasteiger partial charge in [-0.3, -0.25) is 4.57 Å². The van der Waals surface area contributed by atoms with Crippen molar-refractivity contribution in [2.24, 2.45) is 0 Å². The Kier molecular flexibility index (Phi) is 12.2. The third-order valence-corrected chi connectivity index (χ3v) is 7.61. The molecule has 0 bridgehead atoms. The Hall–Kier alpha value is -6.42. The second kappa shape index (κ2) is 17.3. The van der Waals surface area contributed by atoms with Crippen LogP contribution in [0.15, 0.2) is 121 Å². The summed E-state index contributed by atoms with van der Waals surface area (Å²) in [5, 5.41) is 3.54. The van der Waals surface area contributed by atoms with E-state index in [-0.39, 0.29) is 42.3 Å². The van der Waals surface area contributed by atoms with E-state index < -0.39 is 30.5 Å². The molecule has 0 aliphatic heterocycles. The van der Waals surface area contributed by atoms with Crippen molar-refractivity contribution in [3.63, 3.8) is 0 Å². The minimum atomic E-state index is -1.07. The van der Waals surface area contributed by atoms with Gasteiger partial charge < -0.3 is 24.3 Å². The molecule has 0 amide bonds. The summed E-state index contributed by atoms with van der Waals surface area (Å²) < 4.78 is 23.1. The quantitative estimate of drug-likeness (QED) is 0.0711. The van der Waals surface area contributed by atoms with Crippen LogP contribution in [0, 0.1) is 0 Å². The zero-order chi connectivity index (χ0) is 36.2. The number of anilines is 1. The number of para-hydroxylation sites is 1. The topological polar surface area (TPSA) is 122 Å². The first-order valence-electron chi connectivity index (χ1n) is 16.6. The van der Waals surface area contributed by atoms with Crippen molar-refractivity contribution < 1.29 is 38.1 Å². The molecular formula is C41H38N2O8. The number of hydrogen-bond donors (Lipinski definition) is 1. The van der Waals surface area contributed by atoms with E-state index in [1.54, 1.807) is 45.0 Å². The molecule has 5 rings (SSSR count). The molecule has 0 fully saturated rings. The van der Waals surface area contributed by atoms with Crippen molar-refractivity contribution in [1.82, 2.24) is 4.57 Å². The highest BCUT2D eigenvalue weighted by molar-refractivity contribution is 6.16. The van der Waals surface area contributed by atoms with Gasteiger partial charge in [0.2, 0.25) is 0 Å². The maximum Gasteiger partial charge on any atom is 0.356 e. The average Bonchev–Trinajstić information content (AvgIpc) is 3.51. The number of nitrogens with zero attached hydrogens (tertiary/aromatic N) is 1. The predicted octanol–water partition coefficient (Wildman–Crippen LogP) is 7.71. The Morgan fingerprint density at radius 1 is 0.549 bits per heavy atom. The third kappa shape index (κ3) is 8.25. The van der Waals surface area contributed by atoms with E-state index in [9.17, 15) is 19.2 Å². The van der Waals surface area contributed by atoms with Gasteiger partial charge in [-0.15, -0.1) is 0 Å². The number of carbonyl (C=O) groups excluding carboxylic acids is 4. The van der Waals surface area contributed by atoms with E-state index in [0.717, 1.165) is 5.69 Å². The van der Waals surface area contributed by atoms with E-state index in [1.165, 1.54) is 4.57 Å². The van der Waals surface area contributed by atoms with Gasteiger partial charge in [-0.05, 0) is 38.5 Å². The van der Waals surface area contributed by atoms with E-state index in [0.29, 0.717) is 28.1 Å². The molecule has 0 atom stereocenters. The summed E-state index contributed by atoms with van der Waals surface area (Å²) in [5.74, 6) is -3.67. The number of esters is 4. The van der Waals surface area contributed by atoms with Gasteiger partial charge in [0.15, 0.2) is 6.61 Å². The summed E-state index contributed by atoms with van der Waals surface area (Å²) in [7, 11) is 0. The first-order valence-corrected chi connectivity index (χ1v) is 16.6. The third-order valence-electron chi connectivity index (χ3n) is 7.61. The SMILES string of the molecule is CCOC(=O)COC(=O)c1c(C(=O)OCC)c(C(=O)OCC)c(-c2ccccc2)n1/C(=C(\Nc1ccccc1)c1ccccc1)c1ccccc1. The molecule has 51 heavy (non-hydrogen) atoms. The average molecular weight is 687 g/mol. The van der Waals surface area contributed by atoms with Crippen LogP contribution in [-0.4, -0.2) is 54.9 Å². The first-order chi connectivity index (χ1) is 24.9. The van der Waals surface area contributed by atoms with Crippen LogP contribution >= 0.6 is 0 Å². The number of rotatable bonds is 14. The molecule has 0 radical (unpaired) electrons. The number of aromatic nitrogens is 1. The second-order valence-electron chi connectivity index (χ2n) is 10.9. The summed E-state index contributed by atoms with van der Waals surface area (Å²) in [6.45, 7) is 4.13. The molecule has 10 heteroatoms. The highest BCUT2D eigenvalue weighted by Gasteiger charge is 2.39. The van der Waals surface area contributed by atoms with Crippen LogP contribution in [-0.2, 0) is 23.7 Å². The van der Waals surface area contributed by atoms with Crippen LogP contribution in [0.1, 0.15) is 63.1 Å². The van der Waals surface area contributed by atoms with Crippen molar-refractivity contribution in [3.05, 3.63) is 149 Å². The molecule has 10 nitrogen and oxygen atoms in total. The zero-order valence-corrected chi connectivity index (χ0v) is 28.6. The Morgan fingerprint density at radius 3 is 1.59 bits per heavy atom. The van der Waals surface area contributed by atoms with E-state index in [2.05, 4.69) is 5.32 Å². The van der Waals surface area contributed by atoms with E-state index in [4.69, 9.17) is 18.9 Å². The smallest absolute Gasteiger partial charge is 0.356 e. The molecule has 0 aliphatic carbocycles. The molecule has 0 saturated heterocycles. The molecular weight excluding hydrogens is 648 g/mol. The summed E-state index contributed by atoms with van der Waals surface area (Å²) in [4.78, 5) is 55.1. The van der Waals surface area contributed by atoms with Crippen LogP contribution in [0.4, 0.5) is 5.69 Å². The van der Waals surface area contributed by atoms with E-state index >= 15 is 0 Å². The predicted molar refractivity (Wildman–Crippen MR) is 194 cm³/mol. The molecule has 1 aromatic heterocycles. The molecule has 0 saturated carbocycles. The van der Waals surface area contributed by atoms with Crippen molar-refractivity contribution >= 4 is 41.0 Å². The maximum atomic E-state index is 14.5. The second-order valence-corrected chi connectivity index (χ2v) is 10.9. The maximum absolute atomic E-state index is 14.5. The molecule has 0 unspecified atom stereocenters. The van der Waals surface area contributed by atoms with Gasteiger partial charge in [0.25, 0.3) is 0 Å². The first kappa shape index (κ1) is 35.9. The van der Waals surface area contributed by atoms with Crippen LogP contribution in [0.3, 0.4) is 0 Å². The molecule has 1 N–H and O–H groups in total. The van der Waals surface area contributed by atoms with Crippen LogP contribution in [0.5, 0.6) is 0 Å². The highest BCUT2D eigenvalue weighted by atomic mass is 16.6. The molecule has 0 spiro atoms. The Labute approximate surface area is 296 Å². The number of benzene rings is 4. The van der Waals surface area contributed by atoms with Gasteiger partial charge in [0.1, 0.15) is 16.8 Å². The number of ether oxygens (including phenoxy) is 4. The Balaban J connectivity index is 2.03. The van der Waals surface area contributed by atoms with Gasteiger partial charge in [-0.1, -0.05) is 109 Å². The van der Waals surface area contributed by atoms with E-state index in [1.807, 2.05) is 97.1 Å². The Morgan fingerprint density at radius 2 is 1.04 bits per heavy atom. The number of nitrogens with one attached hydrogen (secondary N) is 1. The van der Waals surface area contributed by atoms with Crippen molar-refractivity contribution in [2.45, 2.75) is 20.8 Å². The monoisotopic (exact) mass is 686 g/mol. The van der Waals surface area contributed by atoms with Gasteiger partial charge in [-0.2, -0.15) is 0 Å². The van der Waals surface area contributed by atoms with Crippen molar-refractivity contribution in [3.8, 4) is 11.3 Å². The van der Waals surface area contributed by atoms with Crippen LogP contribution < -0.4 is 5.32 Å². The summed E-state index contributed by atoms with van der Waals surface area (Å²) in [6, 6.07) is 37.0. The van der Waals surface area contributed by atoms with Crippen LogP contribution in [0.25, 0.3) is 22.7 Å². The molecule has 1 heterocycles. The van der Waals surface area contributed by atoms with Crippen molar-refractivity contribution in [1.29, 1.82) is 0 Å². The fourth-order valence-electron chi connectivity index (χ4n) is 5.58. The molecule has 260 valence electrons. The summed E-state index contributed by atoms with van der Waals surface area (Å²) in [6.07, 6.45) is 0. The van der Waals surface area contributed by atoms with Gasteiger partial charge in [0, 0.05) is 16.8 Å². The largest absolute Gasteiger partial charge is 0.463 e. The molecule has 0 aliphatic rings. The molecule has 5 aromatic rings. The highest BCUT2D eigenvalue weighted by Crippen LogP contribution is 2.41. The normalized spacial score (nSPS) is 11.2. The lowest BCUT2D eigenvalue weighted by Gasteiger charge is -2.23. The van der Waals surface area contributed by atoms with Gasteiger partial charge in [0.05, 0.1) is 36.9 Å².